The fraction of sp³-hybridized carbons (Fsp3) is 0.360. The van der Waals surface area contributed by atoms with E-state index in [4.69, 9.17) is 0 Å². The number of fused-ring (bicyclic) bond motifs is 1. The number of amides is 2. The van der Waals surface area contributed by atoms with Crippen molar-refractivity contribution in [2.75, 3.05) is 19.7 Å². The molecular weight excluding hydrogens is 376 g/mol. The zero-order valence-corrected chi connectivity index (χ0v) is 17.1. The van der Waals surface area contributed by atoms with Gasteiger partial charge in [-0.2, -0.15) is 0 Å². The molecule has 4 rings (SSSR count). The predicted octanol–water partition coefficient (Wildman–Crippen LogP) is 2.65. The van der Waals surface area contributed by atoms with Crippen LogP contribution in [0.3, 0.4) is 0 Å². The third-order valence-electron chi connectivity index (χ3n) is 5.96. The Morgan fingerprint density at radius 2 is 1.87 bits per heavy atom. The van der Waals surface area contributed by atoms with Gasteiger partial charge < -0.3 is 14.9 Å². The van der Waals surface area contributed by atoms with Gasteiger partial charge in [-0.3, -0.25) is 9.59 Å². The molecule has 0 spiro atoms. The smallest absolute Gasteiger partial charge is 0.254 e. The molecule has 2 aromatic rings. The SMILES string of the molecule is CCCC#Cc1ccc([C@@H]2[C@@H](CO)N3C(=O)CN(C(=O)c4ccccc4)C[C@@H]23)cc1. The second-order valence-electron chi connectivity index (χ2n) is 7.87. The van der Waals surface area contributed by atoms with Crippen molar-refractivity contribution in [1.29, 1.82) is 0 Å². The van der Waals surface area contributed by atoms with Crippen LogP contribution in [0.2, 0.25) is 0 Å². The average molecular weight is 402 g/mol. The normalized spacial score (nSPS) is 22.6. The van der Waals surface area contributed by atoms with Crippen molar-refractivity contribution in [3.05, 3.63) is 71.3 Å². The molecule has 0 saturated carbocycles. The Morgan fingerprint density at radius 3 is 2.53 bits per heavy atom. The Labute approximate surface area is 177 Å². The summed E-state index contributed by atoms with van der Waals surface area (Å²) in [6.07, 6.45) is 1.91. The highest BCUT2D eigenvalue weighted by atomic mass is 16.3. The summed E-state index contributed by atoms with van der Waals surface area (Å²) in [6, 6.07) is 16.7. The number of rotatable bonds is 4. The molecule has 5 heteroatoms. The molecular formula is C25H26N2O3. The zero-order valence-electron chi connectivity index (χ0n) is 17.1. The van der Waals surface area contributed by atoms with Gasteiger partial charge in [0, 0.05) is 30.0 Å². The number of piperazine rings is 1. The molecule has 0 aromatic heterocycles. The van der Waals surface area contributed by atoms with E-state index in [0.29, 0.717) is 12.1 Å². The second-order valence-corrected chi connectivity index (χ2v) is 7.87. The van der Waals surface area contributed by atoms with Crippen LogP contribution in [0.25, 0.3) is 0 Å². The van der Waals surface area contributed by atoms with Crippen LogP contribution in [-0.2, 0) is 4.79 Å². The lowest BCUT2D eigenvalue weighted by Crippen LogP contribution is -2.73. The molecule has 0 unspecified atom stereocenters. The fourth-order valence-corrected chi connectivity index (χ4v) is 4.50. The Balaban J connectivity index is 1.54. The molecule has 0 radical (unpaired) electrons. The van der Waals surface area contributed by atoms with E-state index < -0.39 is 0 Å². The number of carbonyl (C=O) groups is 2. The van der Waals surface area contributed by atoms with Crippen LogP contribution < -0.4 is 0 Å². The summed E-state index contributed by atoms with van der Waals surface area (Å²) in [7, 11) is 0. The summed E-state index contributed by atoms with van der Waals surface area (Å²) < 4.78 is 0. The molecule has 2 heterocycles. The van der Waals surface area contributed by atoms with Crippen molar-refractivity contribution in [3.63, 3.8) is 0 Å². The zero-order chi connectivity index (χ0) is 21.1. The lowest BCUT2D eigenvalue weighted by molar-refractivity contribution is -0.159. The monoisotopic (exact) mass is 402 g/mol. The van der Waals surface area contributed by atoms with Gasteiger partial charge in [-0.15, -0.1) is 0 Å². The van der Waals surface area contributed by atoms with Crippen molar-refractivity contribution in [2.24, 2.45) is 0 Å². The number of nitrogens with zero attached hydrogens (tertiary/aromatic N) is 2. The van der Waals surface area contributed by atoms with Gasteiger partial charge in [-0.05, 0) is 36.2 Å². The first-order chi connectivity index (χ1) is 14.6. The predicted molar refractivity (Wildman–Crippen MR) is 115 cm³/mol. The molecule has 154 valence electrons. The summed E-state index contributed by atoms with van der Waals surface area (Å²) in [6.45, 7) is 2.54. The Hall–Kier alpha value is -3.10. The van der Waals surface area contributed by atoms with Crippen LogP contribution in [0, 0.1) is 11.8 Å². The minimum atomic E-state index is -0.242. The molecule has 0 bridgehead atoms. The van der Waals surface area contributed by atoms with Crippen molar-refractivity contribution in [1.82, 2.24) is 9.80 Å². The van der Waals surface area contributed by atoms with E-state index >= 15 is 0 Å². The number of benzene rings is 2. The second kappa shape index (κ2) is 8.73. The maximum atomic E-state index is 12.9. The van der Waals surface area contributed by atoms with Gasteiger partial charge in [0.25, 0.3) is 5.91 Å². The maximum Gasteiger partial charge on any atom is 0.254 e. The van der Waals surface area contributed by atoms with Gasteiger partial charge >= 0.3 is 0 Å². The number of hydrogen-bond acceptors (Lipinski definition) is 3. The van der Waals surface area contributed by atoms with Gasteiger partial charge in [-0.1, -0.05) is 49.1 Å². The number of unbranched alkanes of at least 4 members (excludes halogenated alkanes) is 1. The van der Waals surface area contributed by atoms with E-state index in [1.165, 1.54) is 0 Å². The molecule has 3 atom stereocenters. The summed E-state index contributed by atoms with van der Waals surface area (Å²) in [5.74, 6) is 6.08. The third kappa shape index (κ3) is 3.71. The average Bonchev–Trinajstić information content (AvgIpc) is 2.76. The molecule has 1 N–H and O–H groups in total. The Bertz CT molecular complexity index is 975. The van der Waals surface area contributed by atoms with Crippen LogP contribution in [0.5, 0.6) is 0 Å². The van der Waals surface area contributed by atoms with Crippen LogP contribution in [0.4, 0.5) is 0 Å². The molecule has 0 aliphatic carbocycles. The van der Waals surface area contributed by atoms with E-state index in [0.717, 1.165) is 24.0 Å². The minimum absolute atomic E-state index is 0.00275. The Morgan fingerprint density at radius 1 is 1.13 bits per heavy atom. The quantitative estimate of drug-likeness (QED) is 0.800. The standard InChI is InChI=1S/C25H26N2O3/c1-2-3-5-8-18-11-13-19(14-12-18)24-21-15-26(16-23(29)27(21)22(24)17-28)25(30)20-9-6-4-7-10-20/h4,6-7,9-14,21-22,24,28H,2-3,15-17H2,1H3/t21-,22+,24-/m0/s1. The van der Waals surface area contributed by atoms with E-state index in [1.54, 1.807) is 21.9 Å². The van der Waals surface area contributed by atoms with Gasteiger partial charge in [0.15, 0.2) is 0 Å². The lowest BCUT2D eigenvalue weighted by atomic mass is 9.73. The molecule has 2 aromatic carbocycles. The highest BCUT2D eigenvalue weighted by Gasteiger charge is 2.54. The molecule has 2 aliphatic heterocycles. The first-order valence-electron chi connectivity index (χ1n) is 10.5. The highest BCUT2D eigenvalue weighted by Crippen LogP contribution is 2.43. The summed E-state index contributed by atoms with van der Waals surface area (Å²) in [4.78, 5) is 29.0. The number of hydrogen-bond donors (Lipinski definition) is 1. The van der Waals surface area contributed by atoms with Gasteiger partial charge in [0.2, 0.25) is 5.91 Å². The Kier molecular flexibility index (Phi) is 5.87. The minimum Gasteiger partial charge on any atom is -0.394 e. The van der Waals surface area contributed by atoms with Gasteiger partial charge in [0.05, 0.1) is 18.7 Å². The first-order valence-corrected chi connectivity index (χ1v) is 10.5. The fourth-order valence-electron chi connectivity index (χ4n) is 4.50. The van der Waals surface area contributed by atoms with Crippen molar-refractivity contribution >= 4 is 11.8 Å². The van der Waals surface area contributed by atoms with E-state index in [9.17, 15) is 14.7 Å². The summed E-state index contributed by atoms with van der Waals surface area (Å²) in [5, 5.41) is 9.93. The van der Waals surface area contributed by atoms with Crippen LogP contribution in [0.15, 0.2) is 54.6 Å². The van der Waals surface area contributed by atoms with E-state index in [-0.39, 0.29) is 43.0 Å². The number of aliphatic hydroxyl groups is 1. The third-order valence-corrected chi connectivity index (χ3v) is 5.96. The van der Waals surface area contributed by atoms with Crippen molar-refractivity contribution in [2.45, 2.75) is 37.8 Å². The van der Waals surface area contributed by atoms with Crippen LogP contribution in [0.1, 0.15) is 47.2 Å². The van der Waals surface area contributed by atoms with Gasteiger partial charge in [-0.25, -0.2) is 0 Å². The molecule has 2 saturated heterocycles. The van der Waals surface area contributed by atoms with Gasteiger partial charge in [0.1, 0.15) is 6.54 Å². The van der Waals surface area contributed by atoms with E-state index in [1.807, 2.05) is 42.5 Å². The van der Waals surface area contributed by atoms with Crippen LogP contribution >= 0.6 is 0 Å². The van der Waals surface area contributed by atoms with E-state index in [2.05, 4.69) is 18.8 Å². The number of carbonyl (C=O) groups excluding carboxylic acids is 2. The maximum absolute atomic E-state index is 12.9. The first kappa shape index (κ1) is 20.2. The highest BCUT2D eigenvalue weighted by molar-refractivity contribution is 5.97. The molecule has 30 heavy (non-hydrogen) atoms. The lowest BCUT2D eigenvalue weighted by Gasteiger charge is -2.58. The molecule has 2 aliphatic rings. The summed E-state index contributed by atoms with van der Waals surface area (Å²) >= 11 is 0. The molecule has 5 nitrogen and oxygen atoms in total. The summed E-state index contributed by atoms with van der Waals surface area (Å²) in [5.41, 5.74) is 2.62. The number of aliphatic hydroxyl groups excluding tert-OH is 1. The molecule has 2 amide bonds. The molecule has 2 fully saturated rings. The largest absolute Gasteiger partial charge is 0.394 e. The van der Waals surface area contributed by atoms with Crippen molar-refractivity contribution < 1.29 is 14.7 Å². The van der Waals surface area contributed by atoms with Crippen molar-refractivity contribution in [3.8, 4) is 11.8 Å². The van der Waals surface area contributed by atoms with Crippen LogP contribution in [-0.4, -0.2) is 58.5 Å². The topological polar surface area (TPSA) is 60.9 Å².